The van der Waals surface area contributed by atoms with Crippen LogP contribution < -0.4 is 10.0 Å². The molecule has 0 saturated heterocycles. The van der Waals surface area contributed by atoms with Gasteiger partial charge in [0.15, 0.2) is 0 Å². The lowest BCUT2D eigenvalue weighted by Crippen LogP contribution is -2.30. The summed E-state index contributed by atoms with van der Waals surface area (Å²) in [5.74, 6) is -2.52. The Kier molecular flexibility index (Phi) is 4.11. The van der Waals surface area contributed by atoms with Gasteiger partial charge in [0, 0.05) is 12.1 Å². The summed E-state index contributed by atoms with van der Waals surface area (Å²) in [6.07, 6.45) is 0.401. The van der Waals surface area contributed by atoms with Crippen molar-refractivity contribution >= 4 is 27.6 Å². The van der Waals surface area contributed by atoms with Crippen LogP contribution in [0.2, 0.25) is 0 Å². The first-order valence-corrected chi connectivity index (χ1v) is 9.09. The van der Waals surface area contributed by atoms with E-state index >= 15 is 0 Å². The highest BCUT2D eigenvalue weighted by atomic mass is 32.2. The minimum Gasteiger partial charge on any atom is -0.507 e. The summed E-state index contributed by atoms with van der Waals surface area (Å²) in [6.45, 7) is 1.63. The van der Waals surface area contributed by atoms with Crippen molar-refractivity contribution < 1.29 is 28.2 Å². The number of carboxylic acid groups (broad SMARTS) is 1. The van der Waals surface area contributed by atoms with Crippen LogP contribution in [0.25, 0.3) is 0 Å². The molecule has 1 heterocycles. The summed E-state index contributed by atoms with van der Waals surface area (Å²) < 4.78 is 27.3. The number of sulfonamides is 1. The van der Waals surface area contributed by atoms with Gasteiger partial charge in [0.1, 0.15) is 11.3 Å². The molecule has 2 aromatic carbocycles. The Labute approximate surface area is 149 Å². The molecule has 0 aliphatic carbocycles. The van der Waals surface area contributed by atoms with Gasteiger partial charge < -0.3 is 15.9 Å². The Morgan fingerprint density at radius 1 is 1.19 bits per heavy atom. The second kappa shape index (κ2) is 6.03. The topological polar surface area (TPSA) is 138 Å². The number of carbonyl (C=O) groups is 2. The van der Waals surface area contributed by atoms with Crippen molar-refractivity contribution in [1.29, 1.82) is 0 Å². The lowest BCUT2D eigenvalue weighted by molar-refractivity contribution is 0.0693. The van der Waals surface area contributed by atoms with Crippen LogP contribution in [0.4, 0.5) is 5.69 Å². The van der Waals surface area contributed by atoms with Crippen molar-refractivity contribution in [3.05, 3.63) is 52.6 Å². The largest absolute Gasteiger partial charge is 0.507 e. The Morgan fingerprint density at radius 2 is 1.88 bits per heavy atom. The van der Waals surface area contributed by atoms with Crippen LogP contribution in [-0.4, -0.2) is 37.1 Å². The van der Waals surface area contributed by atoms with Gasteiger partial charge in [-0.3, -0.25) is 9.10 Å². The van der Waals surface area contributed by atoms with Crippen LogP contribution in [0.1, 0.15) is 31.8 Å². The molecule has 0 spiro atoms. The molecule has 0 saturated carbocycles. The summed E-state index contributed by atoms with van der Waals surface area (Å²) in [5, 5.41) is 18.9. The molecular weight excluding hydrogens is 360 g/mol. The average molecular weight is 376 g/mol. The van der Waals surface area contributed by atoms with E-state index in [4.69, 9.17) is 10.8 Å². The van der Waals surface area contributed by atoms with E-state index < -0.39 is 33.2 Å². The number of carboxylic acids is 1. The van der Waals surface area contributed by atoms with Gasteiger partial charge in [-0.15, -0.1) is 0 Å². The number of aryl methyl sites for hydroxylation is 1. The number of aromatic hydroxyl groups is 1. The molecule has 0 bridgehead atoms. The number of nitrogens with two attached hydrogens (primary N) is 1. The standard InChI is InChI=1S/C17H16N2O6S/c1-9-6-14(20)12(17(22)23)8-15(9)26(24,25)19-5-4-10-7-11(16(18)21)2-3-13(10)19/h2-3,6-8,20H,4-5H2,1H3,(H2,18,21)(H,22,23). The Bertz CT molecular complexity index is 1050. The van der Waals surface area contributed by atoms with Crippen LogP contribution in [0.3, 0.4) is 0 Å². The summed E-state index contributed by atoms with van der Waals surface area (Å²) in [4.78, 5) is 22.3. The number of amides is 1. The zero-order valence-corrected chi connectivity index (χ0v) is 14.6. The van der Waals surface area contributed by atoms with E-state index in [1.54, 1.807) is 6.07 Å². The molecule has 1 amide bonds. The second-order valence-electron chi connectivity index (χ2n) is 5.97. The molecule has 0 atom stereocenters. The molecule has 2 aromatic rings. The summed E-state index contributed by atoms with van der Waals surface area (Å²) in [7, 11) is -4.05. The Hall–Kier alpha value is -3.07. The number of nitrogens with zero attached hydrogens (tertiary/aromatic N) is 1. The van der Waals surface area contributed by atoms with Crippen LogP contribution in [0.15, 0.2) is 35.2 Å². The van der Waals surface area contributed by atoms with Gasteiger partial charge in [0.25, 0.3) is 10.0 Å². The van der Waals surface area contributed by atoms with Gasteiger partial charge in [-0.05, 0) is 54.8 Å². The number of carbonyl (C=O) groups excluding carboxylic acids is 1. The number of hydrogen-bond acceptors (Lipinski definition) is 5. The molecule has 1 aliphatic rings. The molecule has 4 N–H and O–H groups in total. The van der Waals surface area contributed by atoms with E-state index in [0.29, 0.717) is 17.7 Å². The number of benzene rings is 2. The van der Waals surface area contributed by atoms with Gasteiger partial charge in [-0.1, -0.05) is 0 Å². The fraction of sp³-hybridized carbons (Fsp3) is 0.176. The van der Waals surface area contributed by atoms with E-state index in [1.807, 2.05) is 0 Å². The van der Waals surface area contributed by atoms with Gasteiger partial charge in [-0.2, -0.15) is 0 Å². The van der Waals surface area contributed by atoms with E-state index in [2.05, 4.69) is 0 Å². The molecular formula is C17H16N2O6S. The average Bonchev–Trinajstić information content (AvgIpc) is 2.97. The van der Waals surface area contributed by atoms with Crippen molar-refractivity contribution in [3.8, 4) is 5.75 Å². The summed E-state index contributed by atoms with van der Waals surface area (Å²) in [6, 6.07) is 6.58. The third-order valence-electron chi connectivity index (χ3n) is 4.31. The normalized spacial score (nSPS) is 13.5. The lowest BCUT2D eigenvalue weighted by Gasteiger charge is -2.21. The predicted molar refractivity (Wildman–Crippen MR) is 93.0 cm³/mol. The molecule has 0 aromatic heterocycles. The SMILES string of the molecule is Cc1cc(O)c(C(=O)O)cc1S(=O)(=O)N1CCc2cc(C(N)=O)ccc21. The number of anilines is 1. The van der Waals surface area contributed by atoms with Crippen molar-refractivity contribution in [3.63, 3.8) is 0 Å². The van der Waals surface area contributed by atoms with Crippen molar-refractivity contribution in [2.45, 2.75) is 18.2 Å². The quantitative estimate of drug-likeness (QED) is 0.734. The summed E-state index contributed by atoms with van der Waals surface area (Å²) >= 11 is 0. The highest BCUT2D eigenvalue weighted by Crippen LogP contribution is 2.35. The maximum absolute atomic E-state index is 13.1. The predicted octanol–water partition coefficient (Wildman–Crippen LogP) is 1.25. The van der Waals surface area contributed by atoms with E-state index in [9.17, 15) is 23.1 Å². The third kappa shape index (κ3) is 2.76. The Morgan fingerprint density at radius 3 is 2.50 bits per heavy atom. The fourth-order valence-corrected chi connectivity index (χ4v) is 4.75. The number of phenols is 1. The van der Waals surface area contributed by atoms with E-state index in [-0.39, 0.29) is 22.6 Å². The molecule has 0 unspecified atom stereocenters. The van der Waals surface area contributed by atoms with Crippen molar-refractivity contribution in [1.82, 2.24) is 0 Å². The minimum atomic E-state index is -4.05. The van der Waals surface area contributed by atoms with E-state index in [0.717, 1.165) is 16.4 Å². The van der Waals surface area contributed by atoms with Gasteiger partial charge >= 0.3 is 5.97 Å². The van der Waals surface area contributed by atoms with Crippen molar-refractivity contribution in [2.24, 2.45) is 5.73 Å². The molecule has 1 aliphatic heterocycles. The third-order valence-corrected chi connectivity index (χ3v) is 6.26. The van der Waals surface area contributed by atoms with Crippen LogP contribution in [-0.2, 0) is 16.4 Å². The minimum absolute atomic E-state index is 0.155. The molecule has 26 heavy (non-hydrogen) atoms. The van der Waals surface area contributed by atoms with Crippen LogP contribution in [0.5, 0.6) is 5.75 Å². The molecule has 0 radical (unpaired) electrons. The second-order valence-corrected chi connectivity index (χ2v) is 7.81. The van der Waals surface area contributed by atoms with E-state index in [1.165, 1.54) is 19.1 Å². The molecule has 3 rings (SSSR count). The number of aromatic carboxylic acids is 1. The molecule has 8 nitrogen and oxygen atoms in total. The number of hydrogen-bond donors (Lipinski definition) is 3. The van der Waals surface area contributed by atoms with Gasteiger partial charge in [-0.25, -0.2) is 13.2 Å². The fourth-order valence-electron chi connectivity index (χ4n) is 3.02. The Balaban J connectivity index is 2.11. The van der Waals surface area contributed by atoms with Gasteiger partial charge in [0.2, 0.25) is 5.91 Å². The zero-order chi connectivity index (χ0) is 19.2. The van der Waals surface area contributed by atoms with Gasteiger partial charge in [0.05, 0.1) is 10.6 Å². The monoisotopic (exact) mass is 376 g/mol. The van der Waals surface area contributed by atoms with Crippen LogP contribution in [0, 0.1) is 6.92 Å². The molecule has 9 heteroatoms. The first kappa shape index (κ1) is 17.7. The highest BCUT2D eigenvalue weighted by Gasteiger charge is 2.33. The smallest absolute Gasteiger partial charge is 0.339 e. The van der Waals surface area contributed by atoms with Crippen molar-refractivity contribution in [2.75, 3.05) is 10.8 Å². The molecule has 0 fully saturated rings. The summed E-state index contributed by atoms with van der Waals surface area (Å²) in [5.41, 5.74) is 6.36. The number of fused-ring (bicyclic) bond motifs is 1. The molecule has 136 valence electrons. The lowest BCUT2D eigenvalue weighted by atomic mass is 10.1. The highest BCUT2D eigenvalue weighted by molar-refractivity contribution is 7.93. The maximum atomic E-state index is 13.1. The number of primary amides is 1. The first-order valence-electron chi connectivity index (χ1n) is 7.65. The maximum Gasteiger partial charge on any atom is 0.339 e. The van der Waals surface area contributed by atoms with Crippen LogP contribution >= 0.6 is 0 Å². The first-order chi connectivity index (χ1) is 12.1. The number of rotatable bonds is 4. The zero-order valence-electron chi connectivity index (χ0n) is 13.8.